The van der Waals surface area contributed by atoms with Gasteiger partial charge < -0.3 is 10.2 Å². The molecule has 12 heteroatoms. The van der Waals surface area contributed by atoms with Gasteiger partial charge in [0.1, 0.15) is 11.5 Å². The fraction of sp³-hybridized carbons (Fsp3) is 0.0833. The molecule has 4 aromatic rings. The minimum Gasteiger partial charge on any atom is -0.508 e. The zero-order valence-electron chi connectivity index (χ0n) is 18.6. The van der Waals surface area contributed by atoms with E-state index in [1.165, 1.54) is 66.7 Å². The summed E-state index contributed by atoms with van der Waals surface area (Å²) in [5.41, 5.74) is 0.700. The first-order valence-corrected chi connectivity index (χ1v) is 15.2. The van der Waals surface area contributed by atoms with Gasteiger partial charge in [0.15, 0.2) is 19.7 Å². The number of sulfone groups is 2. The second-order valence-corrected chi connectivity index (χ2v) is 13.6. The van der Waals surface area contributed by atoms with Gasteiger partial charge in [-0.1, -0.05) is 36.4 Å². The molecule has 0 spiro atoms. The van der Waals surface area contributed by atoms with Crippen LogP contribution in [0.25, 0.3) is 10.8 Å². The molecule has 0 aliphatic rings. The highest BCUT2D eigenvalue weighted by atomic mass is 32.2. The predicted molar refractivity (Wildman–Crippen MR) is 133 cm³/mol. The van der Waals surface area contributed by atoms with Gasteiger partial charge in [0.05, 0.1) is 26.2 Å². The fourth-order valence-corrected chi connectivity index (χ4v) is 7.59. The van der Waals surface area contributed by atoms with Crippen LogP contribution in [0.15, 0.2) is 93.5 Å². The first kappa shape index (κ1) is 25.6. The summed E-state index contributed by atoms with van der Waals surface area (Å²) in [5.74, 6) is -1.09. The molecule has 188 valence electrons. The van der Waals surface area contributed by atoms with Crippen molar-refractivity contribution in [3.63, 3.8) is 0 Å². The van der Waals surface area contributed by atoms with E-state index in [9.17, 15) is 35.5 Å². The highest BCUT2D eigenvalue weighted by Crippen LogP contribution is 2.34. The van der Waals surface area contributed by atoms with Crippen molar-refractivity contribution in [2.45, 2.75) is 26.2 Å². The minimum atomic E-state index is -4.40. The number of phenolic OH excluding ortho intramolecular Hbond substituents is 2. The molecule has 0 atom stereocenters. The number of rotatable bonds is 7. The van der Waals surface area contributed by atoms with Crippen molar-refractivity contribution in [1.82, 2.24) is 0 Å². The number of hydrogen-bond acceptors (Lipinski definition) is 8. The summed E-state index contributed by atoms with van der Waals surface area (Å²) in [7, 11) is -12.7. The fourth-order valence-electron chi connectivity index (χ4n) is 3.77. The summed E-state index contributed by atoms with van der Waals surface area (Å²) in [4.78, 5) is -1.20. The van der Waals surface area contributed by atoms with Crippen LogP contribution in [0, 0.1) is 0 Å². The Bertz CT molecular complexity index is 1780. The maximum absolute atomic E-state index is 13.4. The van der Waals surface area contributed by atoms with Crippen LogP contribution in [-0.2, 0) is 41.2 Å². The molecule has 36 heavy (non-hydrogen) atoms. The number of primary sulfonamides is 1. The average molecular weight is 548 g/mol. The summed E-state index contributed by atoms with van der Waals surface area (Å²) in [6, 6.07) is 17.0. The Morgan fingerprint density at radius 2 is 1.06 bits per heavy atom. The maximum Gasteiger partial charge on any atom is 0.238 e. The monoisotopic (exact) mass is 547 g/mol. The lowest BCUT2D eigenvalue weighted by molar-refractivity contribution is 0.474. The summed E-state index contributed by atoms with van der Waals surface area (Å²) in [6.45, 7) is 0. The Morgan fingerprint density at radius 3 is 1.53 bits per heavy atom. The third kappa shape index (κ3) is 5.36. The molecule has 9 nitrogen and oxygen atoms in total. The van der Waals surface area contributed by atoms with E-state index in [2.05, 4.69) is 0 Å². The standard InChI is InChI=1S/C24H21NO8S3/c25-36(32,33)20-12-22-21(24(13-20)35(30,31)15-17-6-10-19(27)11-7-17)2-1-3-23(22)34(28,29)14-16-4-8-18(26)9-5-16/h1-13,26-27H,14-15H2,(H2,25,32,33). The molecule has 0 aromatic heterocycles. The van der Waals surface area contributed by atoms with E-state index in [1.54, 1.807) is 0 Å². The summed E-state index contributed by atoms with van der Waals surface area (Å²) in [6.07, 6.45) is 0. The molecular weight excluding hydrogens is 526 g/mol. The van der Waals surface area contributed by atoms with Crippen LogP contribution in [0.3, 0.4) is 0 Å². The molecule has 4 aromatic carbocycles. The lowest BCUT2D eigenvalue weighted by atomic mass is 10.1. The van der Waals surface area contributed by atoms with Gasteiger partial charge in [0, 0.05) is 10.8 Å². The Labute approximate surface area is 208 Å². The predicted octanol–water partition coefficient (Wildman–Crippen LogP) is 2.85. The zero-order chi connectivity index (χ0) is 26.3. The topological polar surface area (TPSA) is 169 Å². The van der Waals surface area contributed by atoms with Gasteiger partial charge in [-0.15, -0.1) is 0 Å². The first-order chi connectivity index (χ1) is 16.8. The number of fused-ring (bicyclic) bond motifs is 1. The SMILES string of the molecule is NS(=O)(=O)c1cc(S(=O)(=O)Cc2ccc(O)cc2)c2cccc(S(=O)(=O)Cc3ccc(O)cc3)c2c1. The molecule has 0 saturated carbocycles. The molecule has 4 N–H and O–H groups in total. The quantitative estimate of drug-likeness (QED) is 0.317. The van der Waals surface area contributed by atoms with E-state index in [0.717, 1.165) is 12.1 Å². The van der Waals surface area contributed by atoms with Crippen LogP contribution < -0.4 is 5.14 Å². The summed E-state index contributed by atoms with van der Waals surface area (Å²) >= 11 is 0. The molecule has 0 bridgehead atoms. The number of benzene rings is 4. The van der Waals surface area contributed by atoms with Gasteiger partial charge in [-0.05, 0) is 53.6 Å². The Hall–Kier alpha value is -3.45. The van der Waals surface area contributed by atoms with Crippen LogP contribution in [0.5, 0.6) is 11.5 Å². The van der Waals surface area contributed by atoms with E-state index in [4.69, 9.17) is 5.14 Å². The van der Waals surface area contributed by atoms with E-state index >= 15 is 0 Å². The number of sulfonamides is 1. The summed E-state index contributed by atoms with van der Waals surface area (Å²) < 4.78 is 77.9. The van der Waals surface area contributed by atoms with Gasteiger partial charge in [-0.3, -0.25) is 0 Å². The molecule has 0 amide bonds. The molecule has 0 unspecified atom stereocenters. The lowest BCUT2D eigenvalue weighted by Gasteiger charge is -2.14. The average Bonchev–Trinajstić information content (AvgIpc) is 2.80. The maximum atomic E-state index is 13.4. The van der Waals surface area contributed by atoms with E-state index in [-0.39, 0.29) is 27.2 Å². The van der Waals surface area contributed by atoms with Crippen molar-refractivity contribution < 1.29 is 35.5 Å². The van der Waals surface area contributed by atoms with Crippen molar-refractivity contribution >= 4 is 40.5 Å². The van der Waals surface area contributed by atoms with Gasteiger partial charge in [0.2, 0.25) is 10.0 Å². The first-order valence-electron chi connectivity index (χ1n) is 10.4. The molecular formula is C24H21NO8S3. The second kappa shape index (κ2) is 9.21. The van der Waals surface area contributed by atoms with E-state index in [0.29, 0.717) is 11.1 Å². The zero-order valence-corrected chi connectivity index (χ0v) is 21.0. The summed E-state index contributed by atoms with van der Waals surface area (Å²) in [5, 5.41) is 24.1. The number of hydrogen-bond donors (Lipinski definition) is 3. The molecule has 0 aliphatic heterocycles. The van der Waals surface area contributed by atoms with Crippen LogP contribution in [-0.4, -0.2) is 35.5 Å². The van der Waals surface area contributed by atoms with Gasteiger partial charge >= 0.3 is 0 Å². The van der Waals surface area contributed by atoms with Crippen molar-refractivity contribution in [1.29, 1.82) is 0 Å². The van der Waals surface area contributed by atoms with Crippen molar-refractivity contribution in [2.75, 3.05) is 0 Å². The number of aromatic hydroxyl groups is 2. The Balaban J connectivity index is 1.93. The molecule has 0 heterocycles. The highest BCUT2D eigenvalue weighted by Gasteiger charge is 2.26. The number of phenols is 2. The normalized spacial score (nSPS) is 12.6. The van der Waals surface area contributed by atoms with Crippen LogP contribution in [0.4, 0.5) is 0 Å². The Morgan fingerprint density at radius 1 is 0.583 bits per heavy atom. The molecule has 0 radical (unpaired) electrons. The molecule has 0 saturated heterocycles. The van der Waals surface area contributed by atoms with E-state index in [1.807, 2.05) is 0 Å². The van der Waals surface area contributed by atoms with Gasteiger partial charge in [-0.2, -0.15) is 0 Å². The van der Waals surface area contributed by atoms with Gasteiger partial charge in [0.25, 0.3) is 0 Å². The van der Waals surface area contributed by atoms with Crippen molar-refractivity contribution in [3.05, 3.63) is 90.0 Å². The third-order valence-electron chi connectivity index (χ3n) is 5.48. The minimum absolute atomic E-state index is 0.0213. The van der Waals surface area contributed by atoms with Crippen LogP contribution in [0.1, 0.15) is 11.1 Å². The highest BCUT2D eigenvalue weighted by molar-refractivity contribution is 7.91. The second-order valence-electron chi connectivity index (χ2n) is 8.17. The largest absolute Gasteiger partial charge is 0.508 e. The smallest absolute Gasteiger partial charge is 0.238 e. The van der Waals surface area contributed by atoms with Crippen LogP contribution >= 0.6 is 0 Å². The molecule has 0 aliphatic carbocycles. The molecule has 0 fully saturated rings. The lowest BCUT2D eigenvalue weighted by Crippen LogP contribution is -2.15. The molecule has 4 rings (SSSR count). The van der Waals surface area contributed by atoms with Gasteiger partial charge in [-0.25, -0.2) is 30.4 Å². The van der Waals surface area contributed by atoms with E-state index < -0.39 is 51.0 Å². The Kier molecular flexibility index (Phi) is 6.56. The van der Waals surface area contributed by atoms with Crippen LogP contribution in [0.2, 0.25) is 0 Å². The third-order valence-corrected chi connectivity index (χ3v) is 9.83. The number of nitrogens with two attached hydrogens (primary N) is 1. The van der Waals surface area contributed by atoms with Crippen molar-refractivity contribution in [3.8, 4) is 11.5 Å². The van der Waals surface area contributed by atoms with Crippen molar-refractivity contribution in [2.24, 2.45) is 5.14 Å².